The zero-order chi connectivity index (χ0) is 11.0. The first-order valence-electron chi connectivity index (χ1n) is 4.33. The van der Waals surface area contributed by atoms with Crippen LogP contribution in [0, 0.1) is 0 Å². The van der Waals surface area contributed by atoms with Crippen molar-refractivity contribution < 1.29 is 4.79 Å². The van der Waals surface area contributed by atoms with Crippen molar-refractivity contribution in [2.75, 3.05) is 6.54 Å². The number of aromatic nitrogens is 1. The maximum absolute atomic E-state index is 11.3. The van der Waals surface area contributed by atoms with E-state index in [0.717, 1.165) is 10.9 Å². The third-order valence-electron chi connectivity index (χ3n) is 2.14. The summed E-state index contributed by atoms with van der Waals surface area (Å²) in [5.74, 6) is -0.154. The smallest absolute Gasteiger partial charge is 0.192 e. The Morgan fingerprint density at radius 3 is 2.73 bits per heavy atom. The molecule has 1 aromatic heterocycles. The Labute approximate surface area is 96.2 Å². The lowest BCUT2D eigenvalue weighted by Gasteiger charge is -1.94. The second-order valence-corrected chi connectivity index (χ2v) is 4.00. The summed E-state index contributed by atoms with van der Waals surface area (Å²) in [5, 5.41) is 1.82. The van der Waals surface area contributed by atoms with E-state index in [1.54, 1.807) is 18.2 Å². The lowest BCUT2D eigenvalue weighted by molar-refractivity contribution is 0.0997. The number of H-pyrrole nitrogens is 1. The first-order valence-corrected chi connectivity index (χ1v) is 5.08. The van der Waals surface area contributed by atoms with Gasteiger partial charge in [-0.25, -0.2) is 0 Å². The molecule has 5 heteroatoms. The number of halogens is 2. The number of hydrogen-bond donors (Lipinski definition) is 2. The molecular formula is C10H8Cl2N2O. The lowest BCUT2D eigenvalue weighted by Crippen LogP contribution is -2.13. The Hall–Kier alpha value is -1.03. The first kappa shape index (κ1) is 10.5. The van der Waals surface area contributed by atoms with Crippen molar-refractivity contribution in [3.05, 3.63) is 33.9 Å². The maximum Gasteiger partial charge on any atom is 0.192 e. The second kappa shape index (κ2) is 3.85. The fourth-order valence-corrected chi connectivity index (χ4v) is 1.97. The summed E-state index contributed by atoms with van der Waals surface area (Å²) in [7, 11) is 0. The van der Waals surface area contributed by atoms with Gasteiger partial charge in [-0.1, -0.05) is 23.2 Å². The van der Waals surface area contributed by atoms with Gasteiger partial charge in [0.05, 0.1) is 17.3 Å². The average Bonchev–Trinajstić information content (AvgIpc) is 2.60. The molecule has 78 valence electrons. The van der Waals surface area contributed by atoms with Gasteiger partial charge < -0.3 is 10.7 Å². The van der Waals surface area contributed by atoms with Gasteiger partial charge in [0.2, 0.25) is 0 Å². The van der Waals surface area contributed by atoms with E-state index in [0.29, 0.717) is 15.7 Å². The molecule has 0 spiro atoms. The fraction of sp³-hybridized carbons (Fsp3) is 0.100. The van der Waals surface area contributed by atoms with Crippen LogP contribution < -0.4 is 5.73 Å². The third kappa shape index (κ3) is 1.86. The highest BCUT2D eigenvalue weighted by molar-refractivity contribution is 6.38. The van der Waals surface area contributed by atoms with Crippen molar-refractivity contribution in [2.45, 2.75) is 0 Å². The number of ketones is 1. The van der Waals surface area contributed by atoms with Crippen LogP contribution in [0.4, 0.5) is 0 Å². The summed E-state index contributed by atoms with van der Waals surface area (Å²) in [6, 6.07) is 5.04. The normalized spacial score (nSPS) is 10.9. The molecule has 0 bridgehead atoms. The van der Waals surface area contributed by atoms with E-state index in [-0.39, 0.29) is 12.3 Å². The highest BCUT2D eigenvalue weighted by Crippen LogP contribution is 2.28. The molecule has 1 aromatic carbocycles. The summed E-state index contributed by atoms with van der Waals surface area (Å²) < 4.78 is 0. The van der Waals surface area contributed by atoms with Gasteiger partial charge in [0.25, 0.3) is 0 Å². The van der Waals surface area contributed by atoms with Gasteiger partial charge in [-0.05, 0) is 18.2 Å². The Kier molecular flexibility index (Phi) is 2.69. The number of hydrogen-bond acceptors (Lipinski definition) is 2. The van der Waals surface area contributed by atoms with E-state index in [4.69, 9.17) is 28.9 Å². The Bertz CT molecular complexity index is 533. The van der Waals surface area contributed by atoms with Crippen LogP contribution in [0.3, 0.4) is 0 Å². The van der Waals surface area contributed by atoms with Crippen molar-refractivity contribution in [3.8, 4) is 0 Å². The van der Waals surface area contributed by atoms with Gasteiger partial charge in [-0.2, -0.15) is 0 Å². The predicted octanol–water partition coefficient (Wildman–Crippen LogP) is 2.62. The number of benzene rings is 1. The lowest BCUT2D eigenvalue weighted by atomic mass is 10.2. The van der Waals surface area contributed by atoms with Crippen LogP contribution in [0.1, 0.15) is 10.5 Å². The molecule has 2 aromatic rings. The molecule has 0 radical (unpaired) electrons. The summed E-state index contributed by atoms with van der Waals surface area (Å²) in [4.78, 5) is 14.3. The SMILES string of the molecule is NCC(=O)c1cc2c(Cl)cc(Cl)cc2[nH]1. The second-order valence-electron chi connectivity index (χ2n) is 3.16. The zero-order valence-corrected chi connectivity index (χ0v) is 9.19. The molecule has 15 heavy (non-hydrogen) atoms. The third-order valence-corrected chi connectivity index (χ3v) is 2.67. The van der Waals surface area contributed by atoms with E-state index < -0.39 is 0 Å². The molecule has 0 aliphatic heterocycles. The molecule has 0 fully saturated rings. The van der Waals surface area contributed by atoms with Crippen LogP contribution in [0.15, 0.2) is 18.2 Å². The first-order chi connectivity index (χ1) is 7.11. The summed E-state index contributed by atoms with van der Waals surface area (Å²) in [5.41, 5.74) is 6.46. The van der Waals surface area contributed by atoms with Crippen molar-refractivity contribution in [2.24, 2.45) is 5.73 Å². The van der Waals surface area contributed by atoms with Gasteiger partial charge in [0, 0.05) is 15.9 Å². The molecule has 3 nitrogen and oxygen atoms in total. The molecule has 0 aliphatic carbocycles. The van der Waals surface area contributed by atoms with Crippen LogP contribution in [0.25, 0.3) is 10.9 Å². The molecule has 0 atom stereocenters. The minimum atomic E-state index is -0.154. The van der Waals surface area contributed by atoms with Crippen LogP contribution >= 0.6 is 23.2 Å². The van der Waals surface area contributed by atoms with Gasteiger partial charge in [0.1, 0.15) is 0 Å². The van der Waals surface area contributed by atoms with Crippen molar-refractivity contribution in [1.29, 1.82) is 0 Å². The monoisotopic (exact) mass is 242 g/mol. The number of carbonyl (C=O) groups excluding carboxylic acids is 1. The molecular weight excluding hydrogens is 235 g/mol. The summed E-state index contributed by atoms with van der Waals surface area (Å²) >= 11 is 11.8. The van der Waals surface area contributed by atoms with Crippen molar-refractivity contribution in [3.63, 3.8) is 0 Å². The van der Waals surface area contributed by atoms with E-state index in [1.807, 2.05) is 0 Å². The van der Waals surface area contributed by atoms with E-state index in [2.05, 4.69) is 4.98 Å². The molecule has 1 heterocycles. The standard InChI is InChI=1S/C10H8Cl2N2O/c11-5-1-7(12)6-3-9(10(15)4-13)14-8(6)2-5/h1-3,14H,4,13H2. The Morgan fingerprint density at radius 1 is 1.33 bits per heavy atom. The number of nitrogens with one attached hydrogen (secondary N) is 1. The van der Waals surface area contributed by atoms with Crippen molar-refractivity contribution in [1.82, 2.24) is 4.98 Å². The van der Waals surface area contributed by atoms with Crippen LogP contribution in [-0.4, -0.2) is 17.3 Å². The maximum atomic E-state index is 11.3. The number of carbonyl (C=O) groups is 1. The number of nitrogens with two attached hydrogens (primary N) is 1. The van der Waals surface area contributed by atoms with Gasteiger partial charge >= 0.3 is 0 Å². The summed E-state index contributed by atoms with van der Waals surface area (Å²) in [6.45, 7) is -0.0296. The molecule has 0 unspecified atom stereocenters. The number of fused-ring (bicyclic) bond motifs is 1. The largest absolute Gasteiger partial charge is 0.352 e. The number of rotatable bonds is 2. The van der Waals surface area contributed by atoms with Crippen LogP contribution in [-0.2, 0) is 0 Å². The zero-order valence-electron chi connectivity index (χ0n) is 7.68. The van der Waals surface area contributed by atoms with Crippen LogP contribution in [0.2, 0.25) is 10.0 Å². The topological polar surface area (TPSA) is 58.9 Å². The van der Waals surface area contributed by atoms with Gasteiger partial charge in [0.15, 0.2) is 5.78 Å². The minimum Gasteiger partial charge on any atom is -0.352 e. The quantitative estimate of drug-likeness (QED) is 0.796. The predicted molar refractivity (Wildman–Crippen MR) is 61.7 cm³/mol. The summed E-state index contributed by atoms with van der Waals surface area (Å²) in [6.07, 6.45) is 0. The minimum absolute atomic E-state index is 0.0296. The van der Waals surface area contributed by atoms with Gasteiger partial charge in [-0.15, -0.1) is 0 Å². The fourth-order valence-electron chi connectivity index (χ4n) is 1.42. The van der Waals surface area contributed by atoms with Crippen molar-refractivity contribution >= 4 is 39.9 Å². The molecule has 0 saturated heterocycles. The highest BCUT2D eigenvalue weighted by atomic mass is 35.5. The van der Waals surface area contributed by atoms with Crippen LogP contribution in [0.5, 0.6) is 0 Å². The average molecular weight is 243 g/mol. The highest BCUT2D eigenvalue weighted by Gasteiger charge is 2.10. The molecule has 3 N–H and O–H groups in total. The molecule has 0 saturated carbocycles. The Morgan fingerprint density at radius 2 is 2.07 bits per heavy atom. The number of Topliss-reactive ketones (excluding diaryl/α,β-unsaturated/α-hetero) is 1. The van der Waals surface area contributed by atoms with Gasteiger partial charge in [-0.3, -0.25) is 4.79 Å². The molecule has 0 aliphatic rings. The van der Waals surface area contributed by atoms with E-state index >= 15 is 0 Å². The van der Waals surface area contributed by atoms with E-state index in [1.165, 1.54) is 0 Å². The molecule has 2 rings (SSSR count). The molecule has 0 amide bonds. The van der Waals surface area contributed by atoms with E-state index in [9.17, 15) is 4.79 Å². The number of aromatic amines is 1. The Balaban J connectivity index is 2.65.